The van der Waals surface area contributed by atoms with E-state index >= 15 is 0 Å². The number of nitrogens with one attached hydrogen (secondary N) is 1. The Bertz CT molecular complexity index is 252. The standard InChI is InChI=1S/C10H18N2O3S/c1-2-8(9(13)14)11-10(15)12-4-3-6-16-7-5-12/h8H,2-7H2,1H3,(H,11,15)(H,13,14). The number of thioether (sulfide) groups is 1. The summed E-state index contributed by atoms with van der Waals surface area (Å²) in [4.78, 5) is 24.2. The van der Waals surface area contributed by atoms with Crippen LogP contribution in [0.2, 0.25) is 0 Å². The number of carboxylic acids is 1. The van der Waals surface area contributed by atoms with Gasteiger partial charge in [0.1, 0.15) is 6.04 Å². The Hall–Kier alpha value is -0.910. The van der Waals surface area contributed by atoms with Gasteiger partial charge in [0.05, 0.1) is 0 Å². The smallest absolute Gasteiger partial charge is 0.326 e. The van der Waals surface area contributed by atoms with Crippen molar-refractivity contribution in [3.05, 3.63) is 0 Å². The van der Waals surface area contributed by atoms with Crippen LogP contribution in [0, 0.1) is 0 Å². The molecule has 2 amide bonds. The van der Waals surface area contributed by atoms with Gasteiger partial charge in [-0.25, -0.2) is 9.59 Å². The van der Waals surface area contributed by atoms with E-state index in [4.69, 9.17) is 5.11 Å². The highest BCUT2D eigenvalue weighted by Gasteiger charge is 2.21. The van der Waals surface area contributed by atoms with Crippen LogP contribution in [0.1, 0.15) is 19.8 Å². The van der Waals surface area contributed by atoms with Crippen LogP contribution in [0.15, 0.2) is 0 Å². The molecule has 1 saturated heterocycles. The summed E-state index contributed by atoms with van der Waals surface area (Å²) in [7, 11) is 0. The lowest BCUT2D eigenvalue weighted by Crippen LogP contribution is -2.48. The van der Waals surface area contributed by atoms with Crippen molar-refractivity contribution in [2.24, 2.45) is 0 Å². The normalized spacial score (nSPS) is 18.7. The number of hydrogen-bond donors (Lipinski definition) is 2. The average molecular weight is 246 g/mol. The molecule has 92 valence electrons. The Morgan fingerprint density at radius 2 is 2.19 bits per heavy atom. The second-order valence-corrected chi connectivity index (χ2v) is 4.93. The van der Waals surface area contributed by atoms with E-state index in [-0.39, 0.29) is 6.03 Å². The highest BCUT2D eigenvalue weighted by Crippen LogP contribution is 2.10. The summed E-state index contributed by atoms with van der Waals surface area (Å²) in [5, 5.41) is 11.4. The molecule has 1 unspecified atom stereocenters. The molecule has 0 saturated carbocycles. The van der Waals surface area contributed by atoms with Crippen molar-refractivity contribution in [3.8, 4) is 0 Å². The lowest BCUT2D eigenvalue weighted by atomic mass is 10.2. The van der Waals surface area contributed by atoms with Crippen LogP contribution in [-0.2, 0) is 4.79 Å². The fourth-order valence-electron chi connectivity index (χ4n) is 1.53. The van der Waals surface area contributed by atoms with Crippen molar-refractivity contribution < 1.29 is 14.7 Å². The topological polar surface area (TPSA) is 69.6 Å². The maximum atomic E-state index is 11.8. The molecule has 0 aromatic heterocycles. The summed E-state index contributed by atoms with van der Waals surface area (Å²) in [6.45, 7) is 3.17. The predicted molar refractivity (Wildman–Crippen MR) is 63.8 cm³/mol. The second-order valence-electron chi connectivity index (χ2n) is 3.70. The molecule has 16 heavy (non-hydrogen) atoms. The van der Waals surface area contributed by atoms with Gasteiger partial charge in [-0.15, -0.1) is 0 Å². The Morgan fingerprint density at radius 1 is 1.44 bits per heavy atom. The minimum absolute atomic E-state index is 0.253. The van der Waals surface area contributed by atoms with E-state index in [0.717, 1.165) is 24.5 Å². The molecule has 1 aliphatic heterocycles. The van der Waals surface area contributed by atoms with E-state index in [1.165, 1.54) is 0 Å². The molecule has 1 aliphatic rings. The summed E-state index contributed by atoms with van der Waals surface area (Å²) in [5.74, 6) is 1.03. The molecule has 0 bridgehead atoms. The van der Waals surface area contributed by atoms with Gasteiger partial charge in [-0.1, -0.05) is 6.92 Å². The lowest BCUT2D eigenvalue weighted by molar-refractivity contribution is -0.139. The molecule has 0 aliphatic carbocycles. The fraction of sp³-hybridized carbons (Fsp3) is 0.800. The minimum atomic E-state index is -0.972. The Balaban J connectivity index is 2.46. The molecular weight excluding hydrogens is 228 g/mol. The van der Waals surface area contributed by atoms with Gasteiger partial charge in [-0.05, 0) is 18.6 Å². The molecule has 0 spiro atoms. The third-order valence-electron chi connectivity index (χ3n) is 2.51. The van der Waals surface area contributed by atoms with Crippen molar-refractivity contribution in [1.82, 2.24) is 10.2 Å². The van der Waals surface area contributed by atoms with Gasteiger partial charge in [0.15, 0.2) is 0 Å². The monoisotopic (exact) mass is 246 g/mol. The van der Waals surface area contributed by atoms with Crippen molar-refractivity contribution in [3.63, 3.8) is 0 Å². The molecule has 1 heterocycles. The van der Waals surface area contributed by atoms with Crippen molar-refractivity contribution in [2.75, 3.05) is 24.6 Å². The van der Waals surface area contributed by atoms with Crippen LogP contribution in [0.4, 0.5) is 4.79 Å². The molecule has 2 N–H and O–H groups in total. The summed E-state index contributed by atoms with van der Waals surface area (Å²) < 4.78 is 0. The molecule has 1 atom stereocenters. The number of rotatable bonds is 3. The summed E-state index contributed by atoms with van der Waals surface area (Å²) in [6, 6.07) is -1.03. The fourth-order valence-corrected chi connectivity index (χ4v) is 2.41. The van der Waals surface area contributed by atoms with Crippen LogP contribution in [0.25, 0.3) is 0 Å². The van der Waals surface area contributed by atoms with Gasteiger partial charge < -0.3 is 15.3 Å². The Kier molecular flexibility index (Phi) is 5.45. The molecular formula is C10H18N2O3S. The molecule has 0 aromatic carbocycles. The zero-order chi connectivity index (χ0) is 12.0. The summed E-state index contributed by atoms with van der Waals surface area (Å²) in [5.41, 5.74) is 0. The SMILES string of the molecule is CCC(NC(=O)N1CCCSCC1)C(=O)O. The van der Waals surface area contributed by atoms with Gasteiger partial charge in [0.25, 0.3) is 0 Å². The van der Waals surface area contributed by atoms with Crippen LogP contribution in [0.3, 0.4) is 0 Å². The molecule has 5 nitrogen and oxygen atoms in total. The lowest BCUT2D eigenvalue weighted by Gasteiger charge is -2.22. The third-order valence-corrected chi connectivity index (χ3v) is 3.56. The van der Waals surface area contributed by atoms with E-state index in [0.29, 0.717) is 13.0 Å². The van der Waals surface area contributed by atoms with Gasteiger partial charge in [-0.3, -0.25) is 0 Å². The predicted octanol–water partition coefficient (Wildman–Crippen LogP) is 0.998. The second kappa shape index (κ2) is 6.62. The molecule has 1 fully saturated rings. The number of aliphatic carboxylic acids is 1. The van der Waals surface area contributed by atoms with E-state index < -0.39 is 12.0 Å². The first-order chi connectivity index (χ1) is 7.65. The van der Waals surface area contributed by atoms with Gasteiger partial charge in [-0.2, -0.15) is 11.8 Å². The quantitative estimate of drug-likeness (QED) is 0.779. The average Bonchev–Trinajstić information content (AvgIpc) is 2.53. The zero-order valence-electron chi connectivity index (χ0n) is 9.44. The minimum Gasteiger partial charge on any atom is -0.480 e. The molecule has 1 rings (SSSR count). The van der Waals surface area contributed by atoms with Crippen LogP contribution >= 0.6 is 11.8 Å². The number of carbonyl (C=O) groups is 2. The maximum absolute atomic E-state index is 11.8. The van der Waals surface area contributed by atoms with E-state index in [2.05, 4.69) is 5.32 Å². The van der Waals surface area contributed by atoms with Crippen molar-refractivity contribution in [2.45, 2.75) is 25.8 Å². The van der Waals surface area contributed by atoms with Crippen LogP contribution < -0.4 is 5.32 Å². The summed E-state index contributed by atoms with van der Waals surface area (Å²) >= 11 is 1.83. The first-order valence-corrected chi connectivity index (χ1v) is 6.66. The van der Waals surface area contributed by atoms with E-state index in [1.54, 1.807) is 11.8 Å². The van der Waals surface area contributed by atoms with Gasteiger partial charge in [0.2, 0.25) is 0 Å². The number of carboxylic acid groups (broad SMARTS) is 1. The number of carbonyl (C=O) groups excluding carboxylic acids is 1. The third kappa shape index (κ3) is 3.92. The first kappa shape index (κ1) is 13.2. The van der Waals surface area contributed by atoms with Gasteiger partial charge >= 0.3 is 12.0 Å². The number of urea groups is 1. The summed E-state index contributed by atoms with van der Waals surface area (Å²) in [6.07, 6.45) is 1.38. The Morgan fingerprint density at radius 3 is 2.81 bits per heavy atom. The number of hydrogen-bond acceptors (Lipinski definition) is 3. The Labute approximate surface area is 99.6 Å². The van der Waals surface area contributed by atoms with E-state index in [1.807, 2.05) is 11.8 Å². The number of amides is 2. The highest BCUT2D eigenvalue weighted by atomic mass is 32.2. The van der Waals surface area contributed by atoms with Crippen LogP contribution in [-0.4, -0.2) is 52.6 Å². The highest BCUT2D eigenvalue weighted by molar-refractivity contribution is 7.99. The molecule has 0 radical (unpaired) electrons. The molecule has 0 aromatic rings. The molecule has 6 heteroatoms. The zero-order valence-corrected chi connectivity index (χ0v) is 10.3. The van der Waals surface area contributed by atoms with Crippen molar-refractivity contribution >= 4 is 23.8 Å². The largest absolute Gasteiger partial charge is 0.480 e. The number of nitrogens with zero attached hydrogens (tertiary/aromatic N) is 1. The maximum Gasteiger partial charge on any atom is 0.326 e. The van der Waals surface area contributed by atoms with Crippen LogP contribution in [0.5, 0.6) is 0 Å². The van der Waals surface area contributed by atoms with E-state index in [9.17, 15) is 9.59 Å². The van der Waals surface area contributed by atoms with Crippen molar-refractivity contribution in [1.29, 1.82) is 0 Å². The first-order valence-electron chi connectivity index (χ1n) is 5.51. The van der Waals surface area contributed by atoms with Gasteiger partial charge in [0, 0.05) is 18.8 Å².